The molecule has 0 unspecified atom stereocenters. The molecule has 0 spiro atoms. The van der Waals surface area contributed by atoms with E-state index in [1.165, 1.54) is 95.5 Å². The van der Waals surface area contributed by atoms with E-state index in [0.717, 1.165) is 24.6 Å². The first-order valence-electron chi connectivity index (χ1n) is 12.3. The SMILES string of the molecule is CCCCCCCCCCCCCCCCNCc1cccc(OC)c1OCC. The third-order valence-corrected chi connectivity index (χ3v) is 5.59. The van der Waals surface area contributed by atoms with Gasteiger partial charge in [0.1, 0.15) is 0 Å². The van der Waals surface area contributed by atoms with E-state index in [2.05, 4.69) is 18.3 Å². The smallest absolute Gasteiger partial charge is 0.165 e. The van der Waals surface area contributed by atoms with Gasteiger partial charge in [-0.05, 0) is 26.0 Å². The number of benzene rings is 1. The van der Waals surface area contributed by atoms with Gasteiger partial charge in [-0.3, -0.25) is 0 Å². The lowest BCUT2D eigenvalue weighted by Gasteiger charge is -2.14. The van der Waals surface area contributed by atoms with E-state index in [4.69, 9.17) is 9.47 Å². The van der Waals surface area contributed by atoms with Gasteiger partial charge in [-0.1, -0.05) is 103 Å². The molecule has 1 aromatic rings. The molecule has 0 aliphatic heterocycles. The Bertz CT molecular complexity index is 490. The summed E-state index contributed by atoms with van der Waals surface area (Å²) >= 11 is 0. The second-order valence-electron chi connectivity index (χ2n) is 8.15. The Balaban J connectivity index is 1.94. The highest BCUT2D eigenvalue weighted by atomic mass is 16.5. The Kier molecular flexibility index (Phi) is 16.7. The van der Waals surface area contributed by atoms with Gasteiger partial charge in [-0.25, -0.2) is 0 Å². The molecule has 0 saturated carbocycles. The van der Waals surface area contributed by atoms with Crippen molar-refractivity contribution in [3.05, 3.63) is 23.8 Å². The lowest BCUT2D eigenvalue weighted by molar-refractivity contribution is 0.306. The molecule has 0 bridgehead atoms. The minimum atomic E-state index is 0.659. The highest BCUT2D eigenvalue weighted by Crippen LogP contribution is 2.31. The summed E-state index contributed by atoms with van der Waals surface area (Å²) in [6.07, 6.45) is 19.7. The first-order chi connectivity index (χ1) is 14.3. The van der Waals surface area contributed by atoms with Crippen molar-refractivity contribution < 1.29 is 9.47 Å². The predicted molar refractivity (Wildman–Crippen MR) is 126 cm³/mol. The van der Waals surface area contributed by atoms with E-state index >= 15 is 0 Å². The molecule has 0 heterocycles. The highest BCUT2D eigenvalue weighted by molar-refractivity contribution is 5.46. The molecule has 0 aromatic heterocycles. The quantitative estimate of drug-likeness (QED) is 0.226. The summed E-state index contributed by atoms with van der Waals surface area (Å²) in [6.45, 7) is 6.87. The molecular weight excluding hydrogens is 358 g/mol. The highest BCUT2D eigenvalue weighted by Gasteiger charge is 2.09. The molecule has 0 aliphatic carbocycles. The van der Waals surface area contributed by atoms with Gasteiger partial charge in [0.15, 0.2) is 11.5 Å². The van der Waals surface area contributed by atoms with E-state index in [-0.39, 0.29) is 0 Å². The van der Waals surface area contributed by atoms with Gasteiger partial charge < -0.3 is 14.8 Å². The van der Waals surface area contributed by atoms with Crippen molar-refractivity contribution >= 4 is 0 Å². The summed E-state index contributed by atoms with van der Waals surface area (Å²) in [5.41, 5.74) is 1.18. The molecule has 0 saturated heterocycles. The third kappa shape index (κ3) is 12.8. The fraction of sp³-hybridized carbons (Fsp3) is 0.769. The lowest BCUT2D eigenvalue weighted by atomic mass is 10.0. The zero-order chi connectivity index (χ0) is 21.0. The van der Waals surface area contributed by atoms with Gasteiger partial charge in [0.25, 0.3) is 0 Å². The van der Waals surface area contributed by atoms with Crippen LogP contribution in [-0.4, -0.2) is 20.3 Å². The van der Waals surface area contributed by atoms with Gasteiger partial charge >= 0.3 is 0 Å². The second kappa shape index (κ2) is 18.8. The van der Waals surface area contributed by atoms with Gasteiger partial charge in [0, 0.05) is 12.1 Å². The number of para-hydroxylation sites is 1. The van der Waals surface area contributed by atoms with Crippen LogP contribution < -0.4 is 14.8 Å². The fourth-order valence-electron chi connectivity index (χ4n) is 3.84. The molecule has 3 heteroatoms. The number of ether oxygens (including phenoxy) is 2. The Morgan fingerprint density at radius 1 is 0.724 bits per heavy atom. The molecule has 0 amide bonds. The average molecular weight is 406 g/mol. The number of nitrogens with one attached hydrogen (secondary N) is 1. The molecule has 168 valence electrons. The average Bonchev–Trinajstić information content (AvgIpc) is 2.74. The van der Waals surface area contributed by atoms with Gasteiger partial charge in [-0.15, -0.1) is 0 Å². The Morgan fingerprint density at radius 3 is 1.79 bits per heavy atom. The summed E-state index contributed by atoms with van der Waals surface area (Å²) in [7, 11) is 1.70. The molecule has 1 rings (SSSR count). The largest absolute Gasteiger partial charge is 0.493 e. The number of rotatable bonds is 20. The Hall–Kier alpha value is -1.22. The van der Waals surface area contributed by atoms with Crippen molar-refractivity contribution in [2.24, 2.45) is 0 Å². The fourth-order valence-corrected chi connectivity index (χ4v) is 3.84. The zero-order valence-corrected chi connectivity index (χ0v) is 19.6. The summed E-state index contributed by atoms with van der Waals surface area (Å²) in [5.74, 6) is 1.70. The van der Waals surface area contributed by atoms with Crippen LogP contribution in [0.5, 0.6) is 11.5 Å². The molecule has 0 atom stereocenters. The minimum Gasteiger partial charge on any atom is -0.493 e. The molecule has 0 radical (unpaired) electrons. The molecule has 1 N–H and O–H groups in total. The number of unbranched alkanes of at least 4 members (excludes halogenated alkanes) is 13. The van der Waals surface area contributed by atoms with Crippen LogP contribution in [0.15, 0.2) is 18.2 Å². The van der Waals surface area contributed by atoms with E-state index in [0.29, 0.717) is 6.61 Å². The van der Waals surface area contributed by atoms with Crippen LogP contribution in [0.3, 0.4) is 0 Å². The van der Waals surface area contributed by atoms with Gasteiger partial charge in [0.05, 0.1) is 13.7 Å². The van der Waals surface area contributed by atoms with Crippen molar-refractivity contribution in [3.63, 3.8) is 0 Å². The predicted octanol–water partition coefficient (Wildman–Crippen LogP) is 7.66. The Morgan fingerprint density at radius 2 is 1.28 bits per heavy atom. The summed E-state index contributed by atoms with van der Waals surface area (Å²) in [5, 5.41) is 3.56. The zero-order valence-electron chi connectivity index (χ0n) is 19.6. The van der Waals surface area contributed by atoms with Gasteiger partial charge in [-0.2, -0.15) is 0 Å². The lowest BCUT2D eigenvalue weighted by Crippen LogP contribution is -2.15. The van der Waals surface area contributed by atoms with E-state index < -0.39 is 0 Å². The molecule has 29 heavy (non-hydrogen) atoms. The van der Waals surface area contributed by atoms with Crippen molar-refractivity contribution in [1.29, 1.82) is 0 Å². The topological polar surface area (TPSA) is 30.5 Å². The van der Waals surface area contributed by atoms with Crippen LogP contribution in [0.2, 0.25) is 0 Å². The van der Waals surface area contributed by atoms with E-state index in [1.807, 2.05) is 19.1 Å². The first-order valence-corrected chi connectivity index (χ1v) is 12.3. The van der Waals surface area contributed by atoms with Crippen molar-refractivity contribution in [2.45, 2.75) is 110 Å². The third-order valence-electron chi connectivity index (χ3n) is 5.59. The monoisotopic (exact) mass is 405 g/mol. The summed E-state index contributed by atoms with van der Waals surface area (Å²) in [4.78, 5) is 0. The van der Waals surface area contributed by atoms with Crippen LogP contribution in [0.4, 0.5) is 0 Å². The summed E-state index contributed by atoms with van der Waals surface area (Å²) < 4.78 is 11.2. The van der Waals surface area contributed by atoms with Crippen molar-refractivity contribution in [1.82, 2.24) is 5.32 Å². The minimum absolute atomic E-state index is 0.659. The van der Waals surface area contributed by atoms with Gasteiger partial charge in [0.2, 0.25) is 0 Å². The normalized spacial score (nSPS) is 11.0. The first kappa shape index (κ1) is 25.8. The maximum absolute atomic E-state index is 5.77. The molecule has 1 aromatic carbocycles. The maximum Gasteiger partial charge on any atom is 0.165 e. The van der Waals surface area contributed by atoms with E-state index in [1.54, 1.807) is 7.11 Å². The molecular formula is C26H47NO2. The summed E-state index contributed by atoms with van der Waals surface area (Å²) in [6, 6.07) is 6.11. The molecule has 0 aliphatic rings. The second-order valence-corrected chi connectivity index (χ2v) is 8.15. The van der Waals surface area contributed by atoms with Crippen molar-refractivity contribution in [2.75, 3.05) is 20.3 Å². The number of methoxy groups -OCH3 is 1. The molecule has 3 nitrogen and oxygen atoms in total. The van der Waals surface area contributed by atoms with Crippen LogP contribution in [0, 0.1) is 0 Å². The van der Waals surface area contributed by atoms with Crippen LogP contribution in [0.25, 0.3) is 0 Å². The maximum atomic E-state index is 5.77. The number of hydrogen-bond acceptors (Lipinski definition) is 3. The van der Waals surface area contributed by atoms with Crippen LogP contribution >= 0.6 is 0 Å². The standard InChI is InChI=1S/C26H47NO2/c1-4-6-7-8-9-10-11-12-13-14-15-16-17-18-22-27-23-24-20-19-21-25(28-3)26(24)29-5-2/h19-21,27H,4-18,22-23H2,1-3H3. The number of hydrogen-bond donors (Lipinski definition) is 1. The van der Waals surface area contributed by atoms with Crippen LogP contribution in [0.1, 0.15) is 109 Å². The molecule has 0 fully saturated rings. The van der Waals surface area contributed by atoms with E-state index in [9.17, 15) is 0 Å². The van der Waals surface area contributed by atoms with Crippen molar-refractivity contribution in [3.8, 4) is 11.5 Å². The van der Waals surface area contributed by atoms with Crippen LogP contribution in [-0.2, 0) is 6.54 Å². The Labute approximate surface area is 181 Å².